The molecule has 1 atom stereocenters. The van der Waals surface area contributed by atoms with Crippen LogP contribution in [0.1, 0.15) is 37.4 Å². The highest BCUT2D eigenvalue weighted by Crippen LogP contribution is 2.42. The third-order valence-corrected chi connectivity index (χ3v) is 6.85. The lowest BCUT2D eigenvalue weighted by Crippen LogP contribution is -2.41. The zero-order chi connectivity index (χ0) is 23.4. The van der Waals surface area contributed by atoms with Gasteiger partial charge in [-0.3, -0.25) is 9.50 Å². The normalized spacial score (nSPS) is 19.8. The molecule has 0 aliphatic carbocycles. The van der Waals surface area contributed by atoms with E-state index in [0.29, 0.717) is 28.9 Å². The largest absolute Gasteiger partial charge is 0.378 e. The number of imidazole rings is 1. The fourth-order valence-electron chi connectivity index (χ4n) is 5.09. The Bertz CT molecular complexity index is 1470. The van der Waals surface area contributed by atoms with Crippen molar-refractivity contribution in [3.8, 4) is 11.8 Å². The van der Waals surface area contributed by atoms with Gasteiger partial charge in [0, 0.05) is 31.5 Å². The summed E-state index contributed by atoms with van der Waals surface area (Å²) >= 11 is 0. The van der Waals surface area contributed by atoms with Crippen LogP contribution in [0.15, 0.2) is 24.5 Å². The Labute approximate surface area is 192 Å². The van der Waals surface area contributed by atoms with Crippen LogP contribution in [-0.2, 0) is 4.74 Å². The number of aromatic amines is 1. The van der Waals surface area contributed by atoms with Crippen LogP contribution in [0.2, 0.25) is 0 Å². The molecule has 2 aliphatic rings. The Morgan fingerprint density at radius 1 is 1.18 bits per heavy atom. The van der Waals surface area contributed by atoms with E-state index in [4.69, 9.17) is 9.72 Å². The second kappa shape index (κ2) is 7.74. The Morgan fingerprint density at radius 2 is 2.00 bits per heavy atom. The molecular weight excluding hydrogens is 445 g/mol. The van der Waals surface area contributed by atoms with Crippen molar-refractivity contribution in [3.63, 3.8) is 0 Å². The van der Waals surface area contributed by atoms with Crippen molar-refractivity contribution in [2.24, 2.45) is 5.41 Å². The number of benzene rings is 1. The SMILES string of the molecule is C[C@H]1CC2(CCN(c3nc4[nH]nc(C#Cc5cc(F)cc(F)c5F)c4c4nccn34)CC2)CO1. The van der Waals surface area contributed by atoms with E-state index in [1.807, 2.05) is 10.6 Å². The average molecular weight is 466 g/mol. The lowest BCUT2D eigenvalue weighted by Gasteiger charge is -2.39. The maximum atomic E-state index is 14.0. The Morgan fingerprint density at radius 3 is 2.76 bits per heavy atom. The molecule has 1 spiro atoms. The zero-order valence-corrected chi connectivity index (χ0v) is 18.4. The molecule has 5 heterocycles. The Balaban J connectivity index is 1.36. The topological polar surface area (TPSA) is 71.3 Å². The number of H-pyrrole nitrogens is 1. The van der Waals surface area contributed by atoms with Crippen LogP contribution in [-0.4, -0.2) is 50.4 Å². The van der Waals surface area contributed by atoms with E-state index < -0.39 is 17.5 Å². The van der Waals surface area contributed by atoms with E-state index in [1.54, 1.807) is 6.20 Å². The molecular formula is C24H21F3N6O. The number of aromatic nitrogens is 5. The number of rotatable bonds is 1. The van der Waals surface area contributed by atoms with Crippen molar-refractivity contribution in [1.82, 2.24) is 24.6 Å². The molecule has 7 nitrogen and oxygen atoms in total. The van der Waals surface area contributed by atoms with E-state index in [0.717, 1.165) is 51.0 Å². The highest BCUT2D eigenvalue weighted by atomic mass is 19.2. The molecule has 10 heteroatoms. The van der Waals surface area contributed by atoms with Crippen molar-refractivity contribution < 1.29 is 17.9 Å². The number of hydrogen-bond acceptors (Lipinski definition) is 5. The fraction of sp³-hybridized carbons (Fsp3) is 0.375. The number of halogens is 3. The Hall–Kier alpha value is -3.58. The van der Waals surface area contributed by atoms with E-state index in [2.05, 4.69) is 38.8 Å². The predicted octanol–water partition coefficient (Wildman–Crippen LogP) is 3.82. The number of hydrogen-bond donors (Lipinski definition) is 1. The molecule has 34 heavy (non-hydrogen) atoms. The molecule has 0 radical (unpaired) electrons. The molecule has 0 saturated carbocycles. The van der Waals surface area contributed by atoms with Gasteiger partial charge in [0.1, 0.15) is 11.5 Å². The van der Waals surface area contributed by atoms with E-state index in [1.165, 1.54) is 0 Å². The summed E-state index contributed by atoms with van der Waals surface area (Å²) in [4.78, 5) is 11.5. The summed E-state index contributed by atoms with van der Waals surface area (Å²) in [6.07, 6.45) is 6.96. The van der Waals surface area contributed by atoms with Crippen molar-refractivity contribution in [2.75, 3.05) is 24.6 Å². The summed E-state index contributed by atoms with van der Waals surface area (Å²) in [6.45, 7) is 4.65. The molecule has 0 bridgehead atoms. The lowest BCUT2D eigenvalue weighted by atomic mass is 9.77. The lowest BCUT2D eigenvalue weighted by molar-refractivity contribution is 0.0975. The van der Waals surface area contributed by atoms with Crippen molar-refractivity contribution in [2.45, 2.75) is 32.3 Å². The van der Waals surface area contributed by atoms with Gasteiger partial charge in [-0.05, 0) is 43.6 Å². The second-order valence-corrected chi connectivity index (χ2v) is 9.14. The second-order valence-electron chi connectivity index (χ2n) is 9.14. The summed E-state index contributed by atoms with van der Waals surface area (Å²) < 4.78 is 48.8. The first-order valence-corrected chi connectivity index (χ1v) is 11.2. The summed E-state index contributed by atoms with van der Waals surface area (Å²) in [7, 11) is 0. The minimum absolute atomic E-state index is 0.247. The first-order chi connectivity index (χ1) is 16.4. The van der Waals surface area contributed by atoms with Crippen molar-refractivity contribution in [3.05, 3.63) is 53.2 Å². The minimum atomic E-state index is -1.29. The highest BCUT2D eigenvalue weighted by molar-refractivity contribution is 5.94. The van der Waals surface area contributed by atoms with Gasteiger partial charge in [-0.25, -0.2) is 18.2 Å². The van der Waals surface area contributed by atoms with E-state index >= 15 is 0 Å². The van der Waals surface area contributed by atoms with E-state index in [9.17, 15) is 13.2 Å². The predicted molar refractivity (Wildman–Crippen MR) is 119 cm³/mol. The highest BCUT2D eigenvalue weighted by Gasteiger charge is 2.41. The third-order valence-electron chi connectivity index (χ3n) is 6.85. The van der Waals surface area contributed by atoms with Gasteiger partial charge in [-0.15, -0.1) is 0 Å². The Kier molecular flexibility index (Phi) is 4.78. The summed E-state index contributed by atoms with van der Waals surface area (Å²) in [5.41, 5.74) is 1.22. The molecule has 4 aromatic rings. The molecule has 1 N–H and O–H groups in total. The summed E-state index contributed by atoms with van der Waals surface area (Å²) in [6, 6.07) is 1.33. The molecule has 2 fully saturated rings. The quantitative estimate of drug-likeness (QED) is 0.341. The molecule has 1 aromatic carbocycles. The van der Waals surface area contributed by atoms with Gasteiger partial charge in [0.05, 0.1) is 23.7 Å². The maximum absolute atomic E-state index is 14.0. The molecule has 0 unspecified atom stereocenters. The van der Waals surface area contributed by atoms with Gasteiger partial charge < -0.3 is 9.64 Å². The van der Waals surface area contributed by atoms with Crippen LogP contribution in [0.3, 0.4) is 0 Å². The number of fused-ring (bicyclic) bond motifs is 3. The molecule has 0 amide bonds. The summed E-state index contributed by atoms with van der Waals surface area (Å²) in [5.74, 6) is 2.55. The number of nitrogens with zero attached hydrogens (tertiary/aromatic N) is 5. The monoisotopic (exact) mass is 466 g/mol. The van der Waals surface area contributed by atoms with Crippen LogP contribution < -0.4 is 4.90 Å². The third kappa shape index (κ3) is 3.39. The zero-order valence-electron chi connectivity index (χ0n) is 18.4. The van der Waals surface area contributed by atoms with E-state index in [-0.39, 0.29) is 16.7 Å². The molecule has 3 aromatic heterocycles. The number of nitrogens with one attached hydrogen (secondary N) is 1. The van der Waals surface area contributed by atoms with Gasteiger partial charge in [0.15, 0.2) is 22.9 Å². The van der Waals surface area contributed by atoms with Crippen LogP contribution in [0.25, 0.3) is 16.7 Å². The maximum Gasteiger partial charge on any atom is 0.213 e. The molecule has 2 aliphatic heterocycles. The van der Waals surface area contributed by atoms with Crippen LogP contribution in [0.5, 0.6) is 0 Å². The van der Waals surface area contributed by atoms with Gasteiger partial charge in [0.2, 0.25) is 5.95 Å². The first-order valence-electron chi connectivity index (χ1n) is 11.2. The minimum Gasteiger partial charge on any atom is -0.378 e. The molecule has 174 valence electrons. The van der Waals surface area contributed by atoms with Gasteiger partial charge >= 0.3 is 0 Å². The van der Waals surface area contributed by atoms with Gasteiger partial charge in [0.25, 0.3) is 0 Å². The molecule has 6 rings (SSSR count). The average Bonchev–Trinajstić information content (AvgIpc) is 3.54. The first kappa shape index (κ1) is 21.0. The van der Waals surface area contributed by atoms with Crippen molar-refractivity contribution >= 4 is 22.6 Å². The van der Waals surface area contributed by atoms with Crippen LogP contribution in [0.4, 0.5) is 19.1 Å². The number of anilines is 1. The standard InChI is InChI=1S/C24H21F3N6O/c1-14-12-24(13-34-14)4-7-32(8-5-24)23-29-21-19(22-28-6-9-33(22)23)18(30-31-21)3-2-15-10-16(25)11-17(26)20(15)27/h6,9-11,14H,4-5,7-8,12-13H2,1H3,(H,30,31)/t14-/m0/s1. The molecule has 2 saturated heterocycles. The van der Waals surface area contributed by atoms with Gasteiger partial charge in [-0.2, -0.15) is 10.1 Å². The van der Waals surface area contributed by atoms with Crippen molar-refractivity contribution in [1.29, 1.82) is 0 Å². The number of ether oxygens (including phenoxy) is 1. The fourth-order valence-corrected chi connectivity index (χ4v) is 5.09. The van der Waals surface area contributed by atoms with Crippen LogP contribution in [0, 0.1) is 34.7 Å². The van der Waals surface area contributed by atoms with Crippen LogP contribution >= 0.6 is 0 Å². The number of piperidine rings is 1. The summed E-state index contributed by atoms with van der Waals surface area (Å²) in [5, 5.41) is 7.64. The van der Waals surface area contributed by atoms with Gasteiger partial charge in [-0.1, -0.05) is 5.92 Å². The smallest absolute Gasteiger partial charge is 0.213 e.